The van der Waals surface area contributed by atoms with E-state index < -0.39 is 0 Å². The Balaban J connectivity index is 1.31. The molecule has 0 bridgehead atoms. The molecule has 5 nitrogen and oxygen atoms in total. The van der Waals surface area contributed by atoms with Gasteiger partial charge < -0.3 is 15.1 Å². The highest BCUT2D eigenvalue weighted by Crippen LogP contribution is 2.19. The molecule has 0 atom stereocenters. The molecule has 1 aliphatic rings. The Hall–Kier alpha value is -3.15. The van der Waals surface area contributed by atoms with Gasteiger partial charge in [-0.1, -0.05) is 30.3 Å². The average Bonchev–Trinajstić information content (AvgIpc) is 2.75. The van der Waals surface area contributed by atoms with E-state index in [2.05, 4.69) is 49.4 Å². The van der Waals surface area contributed by atoms with Gasteiger partial charge in [-0.2, -0.15) is 4.98 Å². The van der Waals surface area contributed by atoms with Crippen molar-refractivity contribution in [1.82, 2.24) is 9.97 Å². The minimum Gasteiger partial charge on any atom is -0.370 e. The molecule has 0 aliphatic carbocycles. The van der Waals surface area contributed by atoms with Crippen LogP contribution in [0.25, 0.3) is 0 Å². The van der Waals surface area contributed by atoms with E-state index in [1.807, 2.05) is 24.3 Å². The van der Waals surface area contributed by atoms with E-state index in [-0.39, 0.29) is 5.82 Å². The zero-order valence-electron chi connectivity index (χ0n) is 15.8. The van der Waals surface area contributed by atoms with Crippen LogP contribution >= 0.6 is 0 Å². The van der Waals surface area contributed by atoms with Gasteiger partial charge in [0.05, 0.1) is 0 Å². The molecule has 1 aliphatic heterocycles. The number of aromatic nitrogens is 2. The van der Waals surface area contributed by atoms with Crippen molar-refractivity contribution in [1.29, 1.82) is 0 Å². The third-order valence-electron chi connectivity index (χ3n) is 4.96. The van der Waals surface area contributed by atoms with Crippen molar-refractivity contribution in [2.75, 3.05) is 47.8 Å². The average molecular weight is 377 g/mol. The van der Waals surface area contributed by atoms with Gasteiger partial charge >= 0.3 is 0 Å². The lowest BCUT2D eigenvalue weighted by molar-refractivity contribution is 0.623. The lowest BCUT2D eigenvalue weighted by Crippen LogP contribution is -2.47. The van der Waals surface area contributed by atoms with Crippen LogP contribution in [0.4, 0.5) is 21.8 Å². The molecule has 1 aromatic heterocycles. The van der Waals surface area contributed by atoms with Gasteiger partial charge in [-0.25, -0.2) is 9.37 Å². The van der Waals surface area contributed by atoms with E-state index in [1.165, 1.54) is 17.7 Å². The van der Waals surface area contributed by atoms with Crippen molar-refractivity contribution in [3.63, 3.8) is 0 Å². The van der Waals surface area contributed by atoms with Gasteiger partial charge in [0.15, 0.2) is 0 Å². The van der Waals surface area contributed by atoms with E-state index in [4.69, 9.17) is 0 Å². The van der Waals surface area contributed by atoms with Gasteiger partial charge in [-0.05, 0) is 42.3 Å². The van der Waals surface area contributed by atoms with Crippen LogP contribution in [0.15, 0.2) is 66.9 Å². The SMILES string of the molecule is Fc1ccc(N2CCN(c3nccc(NCCc4ccccc4)n3)CC2)cc1. The minimum atomic E-state index is -0.202. The van der Waals surface area contributed by atoms with Crippen LogP contribution in [0, 0.1) is 5.82 Å². The van der Waals surface area contributed by atoms with Crippen LogP contribution in [-0.2, 0) is 6.42 Å². The molecule has 4 rings (SSSR count). The Morgan fingerprint density at radius 2 is 1.57 bits per heavy atom. The van der Waals surface area contributed by atoms with Crippen molar-refractivity contribution in [2.45, 2.75) is 6.42 Å². The quantitative estimate of drug-likeness (QED) is 0.711. The maximum absolute atomic E-state index is 13.1. The van der Waals surface area contributed by atoms with Crippen LogP contribution in [0.1, 0.15) is 5.56 Å². The van der Waals surface area contributed by atoms with Crippen LogP contribution < -0.4 is 15.1 Å². The van der Waals surface area contributed by atoms with Crippen molar-refractivity contribution < 1.29 is 4.39 Å². The summed E-state index contributed by atoms with van der Waals surface area (Å²) < 4.78 is 13.1. The molecule has 2 aromatic carbocycles. The lowest BCUT2D eigenvalue weighted by Gasteiger charge is -2.36. The Kier molecular flexibility index (Phi) is 5.66. The maximum Gasteiger partial charge on any atom is 0.227 e. The summed E-state index contributed by atoms with van der Waals surface area (Å²) in [4.78, 5) is 13.6. The fraction of sp³-hybridized carbons (Fsp3) is 0.273. The molecular weight excluding hydrogens is 353 g/mol. The largest absolute Gasteiger partial charge is 0.370 e. The van der Waals surface area contributed by atoms with Gasteiger partial charge in [-0.3, -0.25) is 0 Å². The molecule has 28 heavy (non-hydrogen) atoms. The number of benzene rings is 2. The van der Waals surface area contributed by atoms with Gasteiger partial charge in [0.2, 0.25) is 5.95 Å². The van der Waals surface area contributed by atoms with E-state index >= 15 is 0 Å². The van der Waals surface area contributed by atoms with Gasteiger partial charge in [0, 0.05) is 44.6 Å². The smallest absolute Gasteiger partial charge is 0.227 e. The summed E-state index contributed by atoms with van der Waals surface area (Å²) in [5.41, 5.74) is 2.36. The molecule has 1 N–H and O–H groups in total. The minimum absolute atomic E-state index is 0.202. The third-order valence-corrected chi connectivity index (χ3v) is 4.96. The zero-order valence-corrected chi connectivity index (χ0v) is 15.8. The first-order valence-corrected chi connectivity index (χ1v) is 9.64. The number of hydrogen-bond acceptors (Lipinski definition) is 5. The second-order valence-corrected chi connectivity index (χ2v) is 6.85. The first kappa shape index (κ1) is 18.2. The van der Waals surface area contributed by atoms with Crippen molar-refractivity contribution in [3.8, 4) is 0 Å². The van der Waals surface area contributed by atoms with E-state index in [9.17, 15) is 4.39 Å². The summed E-state index contributed by atoms with van der Waals surface area (Å²) in [5, 5.41) is 3.39. The normalized spacial score (nSPS) is 14.2. The number of piperazine rings is 1. The molecule has 3 aromatic rings. The number of rotatable bonds is 6. The summed E-state index contributed by atoms with van der Waals surface area (Å²) in [6, 6.07) is 19.0. The fourth-order valence-corrected chi connectivity index (χ4v) is 3.40. The van der Waals surface area contributed by atoms with E-state index in [0.29, 0.717) is 0 Å². The zero-order chi connectivity index (χ0) is 19.2. The van der Waals surface area contributed by atoms with E-state index in [1.54, 1.807) is 6.20 Å². The number of nitrogens with one attached hydrogen (secondary N) is 1. The fourth-order valence-electron chi connectivity index (χ4n) is 3.40. The Labute approximate surface area is 164 Å². The maximum atomic E-state index is 13.1. The second kappa shape index (κ2) is 8.69. The summed E-state index contributed by atoms with van der Waals surface area (Å²) >= 11 is 0. The van der Waals surface area contributed by atoms with Crippen LogP contribution in [0.2, 0.25) is 0 Å². The Morgan fingerprint density at radius 1 is 0.857 bits per heavy atom. The van der Waals surface area contributed by atoms with Crippen molar-refractivity contribution in [3.05, 3.63) is 78.2 Å². The molecule has 1 fully saturated rings. The van der Waals surface area contributed by atoms with Gasteiger partial charge in [0.1, 0.15) is 11.6 Å². The molecule has 144 valence electrons. The summed E-state index contributed by atoms with van der Waals surface area (Å²) in [5.74, 6) is 1.40. The number of halogens is 1. The molecule has 0 saturated carbocycles. The standard InChI is InChI=1S/C22H24FN5/c23-19-6-8-20(9-7-19)27-14-16-28(17-15-27)22-25-13-11-21(26-22)24-12-10-18-4-2-1-3-5-18/h1-9,11,13H,10,12,14-17H2,(H,24,25,26). The van der Waals surface area contributed by atoms with Gasteiger partial charge in [-0.15, -0.1) is 0 Å². The molecule has 0 amide bonds. The van der Waals surface area contributed by atoms with Crippen LogP contribution in [-0.4, -0.2) is 42.7 Å². The summed E-state index contributed by atoms with van der Waals surface area (Å²) in [6.07, 6.45) is 2.76. The summed E-state index contributed by atoms with van der Waals surface area (Å²) in [7, 11) is 0. The third kappa shape index (κ3) is 4.57. The number of hydrogen-bond donors (Lipinski definition) is 1. The van der Waals surface area contributed by atoms with Crippen molar-refractivity contribution >= 4 is 17.5 Å². The Bertz CT molecular complexity index is 877. The summed E-state index contributed by atoms with van der Waals surface area (Å²) in [6.45, 7) is 4.23. The number of nitrogens with zero attached hydrogens (tertiary/aromatic N) is 4. The topological polar surface area (TPSA) is 44.3 Å². The highest BCUT2D eigenvalue weighted by atomic mass is 19.1. The highest BCUT2D eigenvalue weighted by molar-refractivity contribution is 5.49. The number of anilines is 3. The predicted molar refractivity (Wildman–Crippen MR) is 111 cm³/mol. The molecule has 1 saturated heterocycles. The van der Waals surface area contributed by atoms with Crippen LogP contribution in [0.5, 0.6) is 0 Å². The van der Waals surface area contributed by atoms with Gasteiger partial charge in [0.25, 0.3) is 0 Å². The van der Waals surface area contributed by atoms with Crippen molar-refractivity contribution in [2.24, 2.45) is 0 Å². The highest BCUT2D eigenvalue weighted by Gasteiger charge is 2.19. The molecule has 2 heterocycles. The monoisotopic (exact) mass is 377 g/mol. The molecule has 0 spiro atoms. The lowest BCUT2D eigenvalue weighted by atomic mass is 10.1. The van der Waals surface area contributed by atoms with Crippen LogP contribution in [0.3, 0.4) is 0 Å². The molecule has 6 heteroatoms. The predicted octanol–water partition coefficient (Wildman–Crippen LogP) is 3.60. The van der Waals surface area contributed by atoms with E-state index in [0.717, 1.165) is 56.6 Å². The molecule has 0 radical (unpaired) electrons. The first-order valence-electron chi connectivity index (χ1n) is 9.64. The molecular formula is C22H24FN5. The molecule has 0 unspecified atom stereocenters. The second-order valence-electron chi connectivity index (χ2n) is 6.85. The Morgan fingerprint density at radius 3 is 2.32 bits per heavy atom. The first-order chi connectivity index (χ1) is 13.8.